The van der Waals surface area contributed by atoms with Crippen molar-refractivity contribution < 1.29 is 9.53 Å². The molecule has 0 bridgehead atoms. The van der Waals surface area contributed by atoms with Crippen molar-refractivity contribution in [3.05, 3.63) is 58.1 Å². The lowest BCUT2D eigenvalue weighted by Crippen LogP contribution is -2.28. The van der Waals surface area contributed by atoms with Crippen LogP contribution in [-0.4, -0.2) is 45.5 Å². The van der Waals surface area contributed by atoms with E-state index >= 15 is 0 Å². The van der Waals surface area contributed by atoms with Crippen molar-refractivity contribution in [3.8, 4) is 17.1 Å². The van der Waals surface area contributed by atoms with Gasteiger partial charge in [0.15, 0.2) is 11.0 Å². The summed E-state index contributed by atoms with van der Waals surface area (Å²) in [5.74, 6) is 2.06. The normalized spacial score (nSPS) is 11.1. The second kappa shape index (κ2) is 11.1. The Balaban J connectivity index is 1.73. The number of carbonyl (C=O) groups is 1. The zero-order chi connectivity index (χ0) is 23.3. The molecule has 0 spiro atoms. The van der Waals surface area contributed by atoms with E-state index in [1.54, 1.807) is 31.2 Å². The van der Waals surface area contributed by atoms with Gasteiger partial charge in [-0.25, -0.2) is 0 Å². The molecule has 9 heteroatoms. The molecule has 0 saturated heterocycles. The molecule has 0 unspecified atom stereocenters. The SMILES string of the molecule is COc1cccc(CN(C)C(=O)CSc2nnc(-c3ccc(Cl)cc3Cl)n2CC(C)C)c1. The highest BCUT2D eigenvalue weighted by atomic mass is 35.5. The summed E-state index contributed by atoms with van der Waals surface area (Å²) in [5.41, 5.74) is 1.77. The topological polar surface area (TPSA) is 60.2 Å². The molecule has 3 rings (SSSR count). The summed E-state index contributed by atoms with van der Waals surface area (Å²) in [6, 6.07) is 13.0. The Morgan fingerprint density at radius 2 is 1.97 bits per heavy atom. The van der Waals surface area contributed by atoms with Crippen molar-refractivity contribution in [2.75, 3.05) is 19.9 Å². The Hall–Kier alpha value is -2.22. The van der Waals surface area contributed by atoms with Crippen LogP contribution in [0.2, 0.25) is 10.0 Å². The molecule has 3 aromatic rings. The maximum atomic E-state index is 12.8. The predicted octanol–water partition coefficient (Wildman–Crippen LogP) is 5.67. The minimum atomic E-state index is 0.00277. The molecule has 0 saturated carbocycles. The summed E-state index contributed by atoms with van der Waals surface area (Å²) in [6.07, 6.45) is 0. The molecular formula is C23H26Cl2N4O2S. The highest BCUT2D eigenvalue weighted by Gasteiger charge is 2.19. The summed E-state index contributed by atoms with van der Waals surface area (Å²) in [6.45, 7) is 5.45. The largest absolute Gasteiger partial charge is 0.497 e. The van der Waals surface area contributed by atoms with E-state index in [4.69, 9.17) is 27.9 Å². The first-order valence-electron chi connectivity index (χ1n) is 10.2. The Labute approximate surface area is 202 Å². The summed E-state index contributed by atoms with van der Waals surface area (Å²) >= 11 is 13.8. The van der Waals surface area contributed by atoms with Gasteiger partial charge < -0.3 is 14.2 Å². The number of rotatable bonds is 9. The first-order chi connectivity index (χ1) is 15.3. The highest BCUT2D eigenvalue weighted by molar-refractivity contribution is 7.99. The molecule has 2 aromatic carbocycles. The van der Waals surface area contributed by atoms with E-state index in [9.17, 15) is 4.79 Å². The van der Waals surface area contributed by atoms with Crippen LogP contribution in [0.3, 0.4) is 0 Å². The average Bonchev–Trinajstić information content (AvgIpc) is 3.13. The number of carbonyl (C=O) groups excluding carboxylic acids is 1. The summed E-state index contributed by atoms with van der Waals surface area (Å²) in [4.78, 5) is 14.5. The molecule has 0 N–H and O–H groups in total. The Kier molecular flexibility index (Phi) is 8.45. The third kappa shape index (κ3) is 6.18. The average molecular weight is 493 g/mol. The van der Waals surface area contributed by atoms with E-state index in [1.165, 1.54) is 11.8 Å². The minimum absolute atomic E-state index is 0.00277. The van der Waals surface area contributed by atoms with E-state index in [2.05, 4.69) is 24.0 Å². The Morgan fingerprint density at radius 3 is 2.66 bits per heavy atom. The molecule has 0 aliphatic heterocycles. The first kappa shape index (κ1) is 24.4. The van der Waals surface area contributed by atoms with Crippen LogP contribution in [0.1, 0.15) is 19.4 Å². The van der Waals surface area contributed by atoms with Crippen molar-refractivity contribution in [3.63, 3.8) is 0 Å². The van der Waals surface area contributed by atoms with Crippen LogP contribution in [0.5, 0.6) is 5.75 Å². The number of halogens is 2. The highest BCUT2D eigenvalue weighted by Crippen LogP contribution is 2.32. The van der Waals surface area contributed by atoms with E-state index in [-0.39, 0.29) is 11.7 Å². The van der Waals surface area contributed by atoms with E-state index in [1.807, 2.05) is 34.9 Å². The zero-order valence-corrected chi connectivity index (χ0v) is 20.8. The maximum Gasteiger partial charge on any atom is 0.233 e. The van der Waals surface area contributed by atoms with Crippen molar-refractivity contribution in [1.82, 2.24) is 19.7 Å². The van der Waals surface area contributed by atoms with Crippen LogP contribution in [0.25, 0.3) is 11.4 Å². The number of hydrogen-bond donors (Lipinski definition) is 0. The molecule has 1 heterocycles. The molecule has 32 heavy (non-hydrogen) atoms. The molecule has 0 fully saturated rings. The van der Waals surface area contributed by atoms with Crippen molar-refractivity contribution >= 4 is 40.9 Å². The molecule has 1 amide bonds. The number of nitrogens with zero attached hydrogens (tertiary/aromatic N) is 4. The molecule has 0 radical (unpaired) electrons. The van der Waals surface area contributed by atoms with Gasteiger partial charge in [0.05, 0.1) is 17.9 Å². The molecule has 6 nitrogen and oxygen atoms in total. The Bertz CT molecular complexity index is 1090. The standard InChI is InChI=1S/C23H26Cl2N4O2S/c1-15(2)12-29-22(19-9-8-17(24)11-20(19)25)26-27-23(29)32-14-21(30)28(3)13-16-6-5-7-18(10-16)31-4/h5-11,15H,12-14H2,1-4H3. The van der Waals surface area contributed by atoms with Gasteiger partial charge in [0.1, 0.15) is 5.75 Å². The quantitative estimate of drug-likeness (QED) is 0.360. The van der Waals surface area contributed by atoms with Crippen LogP contribution in [0.4, 0.5) is 0 Å². The maximum absolute atomic E-state index is 12.8. The minimum Gasteiger partial charge on any atom is -0.497 e. The second-order valence-corrected chi connectivity index (χ2v) is 9.61. The number of benzene rings is 2. The first-order valence-corrected chi connectivity index (χ1v) is 11.9. The van der Waals surface area contributed by atoms with E-state index < -0.39 is 0 Å². The van der Waals surface area contributed by atoms with Gasteiger partial charge in [-0.3, -0.25) is 4.79 Å². The fourth-order valence-electron chi connectivity index (χ4n) is 3.16. The molecule has 0 atom stereocenters. The zero-order valence-electron chi connectivity index (χ0n) is 18.5. The fourth-order valence-corrected chi connectivity index (χ4v) is 4.55. The van der Waals surface area contributed by atoms with E-state index in [0.29, 0.717) is 40.0 Å². The van der Waals surface area contributed by atoms with Crippen molar-refractivity contribution in [2.45, 2.75) is 32.1 Å². The van der Waals surface area contributed by atoms with Crippen LogP contribution >= 0.6 is 35.0 Å². The predicted molar refractivity (Wildman–Crippen MR) is 131 cm³/mol. The summed E-state index contributed by atoms with van der Waals surface area (Å²) < 4.78 is 7.27. The lowest BCUT2D eigenvalue weighted by atomic mass is 10.2. The number of ether oxygens (including phenoxy) is 1. The molecular weight excluding hydrogens is 467 g/mol. The number of hydrogen-bond acceptors (Lipinski definition) is 5. The van der Waals surface area contributed by atoms with Crippen LogP contribution in [0, 0.1) is 5.92 Å². The summed E-state index contributed by atoms with van der Waals surface area (Å²) in [5, 5.41) is 10.5. The molecule has 0 aliphatic carbocycles. The summed E-state index contributed by atoms with van der Waals surface area (Å²) in [7, 11) is 3.42. The molecule has 170 valence electrons. The van der Waals surface area contributed by atoms with Crippen LogP contribution in [0.15, 0.2) is 47.6 Å². The van der Waals surface area contributed by atoms with Gasteiger partial charge >= 0.3 is 0 Å². The molecule has 0 aliphatic rings. The van der Waals surface area contributed by atoms with E-state index in [0.717, 1.165) is 16.9 Å². The van der Waals surface area contributed by atoms with Gasteiger partial charge in [0.25, 0.3) is 0 Å². The number of methoxy groups -OCH3 is 1. The smallest absolute Gasteiger partial charge is 0.233 e. The van der Waals surface area contributed by atoms with Gasteiger partial charge in [-0.15, -0.1) is 10.2 Å². The van der Waals surface area contributed by atoms with Crippen molar-refractivity contribution in [1.29, 1.82) is 0 Å². The van der Waals surface area contributed by atoms with Gasteiger partial charge in [0.2, 0.25) is 5.91 Å². The number of amides is 1. The third-order valence-electron chi connectivity index (χ3n) is 4.74. The lowest BCUT2D eigenvalue weighted by molar-refractivity contribution is -0.127. The van der Waals surface area contributed by atoms with Crippen LogP contribution in [-0.2, 0) is 17.9 Å². The lowest BCUT2D eigenvalue weighted by Gasteiger charge is -2.18. The van der Waals surface area contributed by atoms with Gasteiger partial charge in [-0.05, 0) is 41.8 Å². The monoisotopic (exact) mass is 492 g/mol. The second-order valence-electron chi connectivity index (χ2n) is 7.82. The van der Waals surface area contributed by atoms with Gasteiger partial charge in [-0.2, -0.15) is 0 Å². The Morgan fingerprint density at radius 1 is 1.19 bits per heavy atom. The third-order valence-corrected chi connectivity index (χ3v) is 6.24. The van der Waals surface area contributed by atoms with Gasteiger partial charge in [0, 0.05) is 30.7 Å². The van der Waals surface area contributed by atoms with Crippen molar-refractivity contribution in [2.24, 2.45) is 5.92 Å². The van der Waals surface area contributed by atoms with Crippen LogP contribution < -0.4 is 4.74 Å². The van der Waals surface area contributed by atoms with Gasteiger partial charge in [-0.1, -0.05) is 60.9 Å². The number of thioether (sulfide) groups is 1. The number of aromatic nitrogens is 3. The molecule has 1 aromatic heterocycles. The fraction of sp³-hybridized carbons (Fsp3) is 0.348.